The highest BCUT2D eigenvalue weighted by Crippen LogP contribution is 2.29. The number of ether oxygens (including phenoxy) is 1. The van der Waals surface area contributed by atoms with Crippen LogP contribution < -0.4 is 0 Å². The molecule has 0 spiro atoms. The number of hydrogen-bond acceptors (Lipinski definition) is 5. The SMILES string of the molecule is Cc1nnc(S[C@H]2COC(=O)C2)n1-c1ccccc1. The summed E-state index contributed by atoms with van der Waals surface area (Å²) in [5.74, 6) is 0.693. The second kappa shape index (κ2) is 5.05. The summed E-state index contributed by atoms with van der Waals surface area (Å²) in [6.45, 7) is 2.37. The fourth-order valence-electron chi connectivity index (χ4n) is 2.01. The van der Waals surface area contributed by atoms with Gasteiger partial charge in [0.15, 0.2) is 5.16 Å². The van der Waals surface area contributed by atoms with E-state index in [2.05, 4.69) is 10.2 Å². The van der Waals surface area contributed by atoms with Crippen LogP contribution in [-0.4, -0.2) is 32.6 Å². The molecule has 5 nitrogen and oxygen atoms in total. The van der Waals surface area contributed by atoms with Crippen LogP contribution in [0, 0.1) is 6.92 Å². The third-order valence-electron chi connectivity index (χ3n) is 2.91. The van der Waals surface area contributed by atoms with Crippen LogP contribution in [-0.2, 0) is 9.53 Å². The summed E-state index contributed by atoms with van der Waals surface area (Å²) in [6.07, 6.45) is 0.436. The molecule has 1 fully saturated rings. The predicted molar refractivity (Wildman–Crippen MR) is 71.3 cm³/mol. The maximum Gasteiger partial charge on any atom is 0.307 e. The average molecular weight is 275 g/mol. The van der Waals surface area contributed by atoms with E-state index in [0.717, 1.165) is 16.7 Å². The molecule has 0 aliphatic carbocycles. The molecule has 0 amide bonds. The third kappa shape index (κ3) is 2.49. The molecule has 1 saturated heterocycles. The number of aryl methyl sites for hydroxylation is 1. The van der Waals surface area contributed by atoms with Crippen LogP contribution in [0.25, 0.3) is 5.69 Å². The number of cyclic esters (lactones) is 1. The van der Waals surface area contributed by atoms with E-state index in [1.165, 1.54) is 0 Å². The van der Waals surface area contributed by atoms with Crippen molar-refractivity contribution in [3.05, 3.63) is 36.2 Å². The molecule has 1 aromatic heterocycles. The van der Waals surface area contributed by atoms with Crippen molar-refractivity contribution in [2.24, 2.45) is 0 Å². The molecule has 2 aromatic rings. The minimum absolute atomic E-state index is 0.124. The molecule has 0 N–H and O–H groups in total. The second-order valence-corrected chi connectivity index (χ2v) is 5.60. The molecule has 0 radical (unpaired) electrons. The van der Waals surface area contributed by atoms with E-state index < -0.39 is 0 Å². The molecule has 2 heterocycles. The molecule has 1 aromatic carbocycles. The van der Waals surface area contributed by atoms with E-state index in [1.807, 2.05) is 41.8 Å². The molecule has 6 heteroatoms. The van der Waals surface area contributed by atoms with Crippen LogP contribution in [0.4, 0.5) is 0 Å². The number of hydrogen-bond donors (Lipinski definition) is 0. The van der Waals surface area contributed by atoms with Crippen molar-refractivity contribution in [1.29, 1.82) is 0 Å². The van der Waals surface area contributed by atoms with Crippen molar-refractivity contribution in [3.63, 3.8) is 0 Å². The van der Waals surface area contributed by atoms with E-state index >= 15 is 0 Å². The van der Waals surface area contributed by atoms with E-state index in [1.54, 1.807) is 11.8 Å². The lowest BCUT2D eigenvalue weighted by Gasteiger charge is -2.09. The van der Waals surface area contributed by atoms with Crippen LogP contribution in [0.15, 0.2) is 35.5 Å². The highest BCUT2D eigenvalue weighted by atomic mass is 32.2. The molecule has 1 aliphatic rings. The smallest absolute Gasteiger partial charge is 0.307 e. The van der Waals surface area contributed by atoms with Gasteiger partial charge in [0.25, 0.3) is 0 Å². The molecular formula is C13H13N3O2S. The van der Waals surface area contributed by atoms with Gasteiger partial charge in [-0.15, -0.1) is 10.2 Å². The van der Waals surface area contributed by atoms with Gasteiger partial charge in [-0.25, -0.2) is 0 Å². The lowest BCUT2D eigenvalue weighted by Crippen LogP contribution is -2.05. The molecule has 19 heavy (non-hydrogen) atoms. The number of thioether (sulfide) groups is 1. The third-order valence-corrected chi connectivity index (χ3v) is 4.02. The summed E-state index contributed by atoms with van der Waals surface area (Å²) in [7, 11) is 0. The Bertz CT molecular complexity index is 597. The Balaban J connectivity index is 1.89. The Hall–Kier alpha value is -1.82. The van der Waals surface area contributed by atoms with Gasteiger partial charge in [-0.1, -0.05) is 30.0 Å². The number of carbonyl (C=O) groups excluding carboxylic acids is 1. The van der Waals surface area contributed by atoms with Gasteiger partial charge in [0.2, 0.25) is 0 Å². The summed E-state index contributed by atoms with van der Waals surface area (Å²) in [5, 5.41) is 9.23. The Labute approximate surface area is 115 Å². The summed E-state index contributed by atoms with van der Waals surface area (Å²) < 4.78 is 6.97. The van der Waals surface area contributed by atoms with Crippen molar-refractivity contribution in [2.45, 2.75) is 23.8 Å². The van der Waals surface area contributed by atoms with Crippen LogP contribution in [0.2, 0.25) is 0 Å². The monoisotopic (exact) mass is 275 g/mol. The minimum atomic E-state index is -0.139. The zero-order valence-corrected chi connectivity index (χ0v) is 11.3. The highest BCUT2D eigenvalue weighted by Gasteiger charge is 2.27. The quantitative estimate of drug-likeness (QED) is 0.802. The van der Waals surface area contributed by atoms with Crippen LogP contribution in [0.5, 0.6) is 0 Å². The van der Waals surface area contributed by atoms with E-state index in [0.29, 0.717) is 13.0 Å². The maximum absolute atomic E-state index is 11.1. The first-order valence-electron chi connectivity index (χ1n) is 6.04. The van der Waals surface area contributed by atoms with E-state index in [9.17, 15) is 4.79 Å². The van der Waals surface area contributed by atoms with Gasteiger partial charge < -0.3 is 4.74 Å². The first-order valence-corrected chi connectivity index (χ1v) is 6.92. The van der Waals surface area contributed by atoms with Gasteiger partial charge >= 0.3 is 5.97 Å². The standard InChI is InChI=1S/C13H13N3O2S/c1-9-14-15-13(19-11-7-12(17)18-8-11)16(9)10-5-3-2-4-6-10/h2-6,11H,7-8H2,1H3/t11-/m1/s1. The van der Waals surface area contributed by atoms with Gasteiger partial charge in [0.05, 0.1) is 11.7 Å². The van der Waals surface area contributed by atoms with Crippen LogP contribution >= 0.6 is 11.8 Å². The summed E-state index contributed by atoms with van der Waals surface area (Å²) in [5.41, 5.74) is 1.03. The number of aromatic nitrogens is 3. The van der Waals surface area contributed by atoms with Gasteiger partial charge in [0.1, 0.15) is 12.4 Å². The van der Waals surface area contributed by atoms with Gasteiger partial charge in [0, 0.05) is 5.69 Å². The first-order chi connectivity index (χ1) is 9.24. The second-order valence-electron chi connectivity index (χ2n) is 4.33. The van der Waals surface area contributed by atoms with Crippen molar-refractivity contribution in [2.75, 3.05) is 6.61 Å². The van der Waals surface area contributed by atoms with Crippen molar-refractivity contribution in [1.82, 2.24) is 14.8 Å². The molecule has 98 valence electrons. The van der Waals surface area contributed by atoms with E-state index in [-0.39, 0.29) is 11.2 Å². The summed E-state index contributed by atoms with van der Waals surface area (Å²) in [6, 6.07) is 9.95. The Morgan fingerprint density at radius 1 is 1.32 bits per heavy atom. The molecule has 1 aliphatic heterocycles. The largest absolute Gasteiger partial charge is 0.464 e. The number of rotatable bonds is 3. The lowest BCUT2D eigenvalue weighted by molar-refractivity contribution is -0.137. The maximum atomic E-state index is 11.1. The fourth-order valence-corrected chi connectivity index (χ4v) is 3.09. The van der Waals surface area contributed by atoms with E-state index in [4.69, 9.17) is 4.74 Å². The summed E-state index contributed by atoms with van der Waals surface area (Å²) in [4.78, 5) is 11.1. The van der Waals surface area contributed by atoms with Crippen LogP contribution in [0.1, 0.15) is 12.2 Å². The zero-order valence-electron chi connectivity index (χ0n) is 10.4. The summed E-state index contributed by atoms with van der Waals surface area (Å²) >= 11 is 1.54. The number of para-hydroxylation sites is 1. The number of benzene rings is 1. The lowest BCUT2D eigenvalue weighted by atomic mass is 10.3. The zero-order chi connectivity index (χ0) is 13.2. The molecule has 0 unspecified atom stereocenters. The van der Waals surface area contributed by atoms with Crippen molar-refractivity contribution >= 4 is 17.7 Å². The molecular weight excluding hydrogens is 262 g/mol. The van der Waals surface area contributed by atoms with Gasteiger partial charge in [-0.05, 0) is 19.1 Å². The molecule has 1 atom stereocenters. The predicted octanol–water partition coefficient (Wildman–Crippen LogP) is 1.98. The topological polar surface area (TPSA) is 57.0 Å². The Morgan fingerprint density at radius 3 is 2.79 bits per heavy atom. The number of nitrogens with zero attached hydrogens (tertiary/aromatic N) is 3. The van der Waals surface area contributed by atoms with Gasteiger partial charge in [-0.2, -0.15) is 0 Å². The normalized spacial score (nSPS) is 18.6. The molecule has 0 bridgehead atoms. The van der Waals surface area contributed by atoms with Gasteiger partial charge in [-0.3, -0.25) is 9.36 Å². The number of esters is 1. The average Bonchev–Trinajstić information content (AvgIpc) is 2.98. The van der Waals surface area contributed by atoms with Crippen molar-refractivity contribution < 1.29 is 9.53 Å². The molecule has 0 saturated carbocycles. The Kier molecular flexibility index (Phi) is 3.25. The Morgan fingerprint density at radius 2 is 2.11 bits per heavy atom. The number of carbonyl (C=O) groups is 1. The van der Waals surface area contributed by atoms with Crippen LogP contribution in [0.3, 0.4) is 0 Å². The fraction of sp³-hybridized carbons (Fsp3) is 0.308. The van der Waals surface area contributed by atoms with Crippen molar-refractivity contribution in [3.8, 4) is 5.69 Å². The highest BCUT2D eigenvalue weighted by molar-refractivity contribution is 7.99. The first kappa shape index (κ1) is 12.2. The minimum Gasteiger partial charge on any atom is -0.464 e. The molecule has 3 rings (SSSR count).